The van der Waals surface area contributed by atoms with Crippen molar-refractivity contribution in [3.63, 3.8) is 0 Å². The first-order valence-corrected chi connectivity index (χ1v) is 24.0. The highest BCUT2D eigenvalue weighted by Crippen LogP contribution is 2.29. The van der Waals surface area contributed by atoms with Gasteiger partial charge in [-0.3, -0.25) is 4.79 Å². The van der Waals surface area contributed by atoms with Gasteiger partial charge in [0.2, 0.25) is 5.91 Å². The van der Waals surface area contributed by atoms with Crippen LogP contribution in [0.5, 0.6) is 0 Å². The third kappa shape index (κ3) is 23.1. The summed E-state index contributed by atoms with van der Waals surface area (Å²) < 4.78 is 6.87. The molecule has 2 heterocycles. The van der Waals surface area contributed by atoms with Gasteiger partial charge in [0.15, 0.2) is 6.23 Å². The molecule has 0 spiro atoms. The number of nitrogens with one attached hydrogen (secondary N) is 1. The molecule has 0 aliphatic carbocycles. The quantitative estimate of drug-likeness (QED) is 0.0356. The molecule has 11 heteroatoms. The van der Waals surface area contributed by atoms with Gasteiger partial charge in [-0.2, -0.15) is 0 Å². The number of rotatable bonds is 38. The van der Waals surface area contributed by atoms with E-state index >= 15 is 0 Å². The summed E-state index contributed by atoms with van der Waals surface area (Å²) in [6, 6.07) is -0.802. The molecule has 0 unspecified atom stereocenters. The molecular formula is C46H88N4O7. The van der Waals surface area contributed by atoms with Gasteiger partial charge in [-0.1, -0.05) is 212 Å². The lowest BCUT2D eigenvalue weighted by atomic mass is 9.98. The van der Waals surface area contributed by atoms with E-state index in [-0.39, 0.29) is 5.91 Å². The van der Waals surface area contributed by atoms with Crippen molar-refractivity contribution in [2.45, 2.75) is 269 Å². The van der Waals surface area contributed by atoms with Crippen molar-refractivity contribution in [1.29, 1.82) is 0 Å². The number of amides is 1. The molecule has 1 saturated heterocycles. The molecule has 1 aromatic rings. The predicted octanol–water partition coefficient (Wildman–Crippen LogP) is 9.68. The molecule has 1 fully saturated rings. The SMILES string of the molecule is CCCCCCCCCCCCCCCCCCC(=O)N[C@@H](c1cn([C@H]2O[C@H](CO)[C@H](O)[C@H](O)[C@H]2O)nn1)[C@H](O)CCCCCCCCCCCCCCCCC. The Balaban J connectivity index is 1.74. The van der Waals surface area contributed by atoms with E-state index < -0.39 is 49.4 Å². The van der Waals surface area contributed by atoms with Crippen LogP contribution in [-0.4, -0.2) is 83.6 Å². The zero-order valence-electron chi connectivity index (χ0n) is 36.6. The molecule has 1 aromatic heterocycles. The number of carbonyl (C=O) groups is 1. The summed E-state index contributed by atoms with van der Waals surface area (Å²) in [5.41, 5.74) is 0.320. The second kappa shape index (κ2) is 34.1. The van der Waals surface area contributed by atoms with Gasteiger partial charge in [0.25, 0.3) is 0 Å². The van der Waals surface area contributed by atoms with Crippen molar-refractivity contribution < 1.29 is 35.1 Å². The summed E-state index contributed by atoms with van der Waals surface area (Å²) in [4.78, 5) is 13.2. The number of nitrogens with zero attached hydrogens (tertiary/aromatic N) is 3. The van der Waals surface area contributed by atoms with E-state index in [1.165, 1.54) is 171 Å². The highest BCUT2D eigenvalue weighted by Gasteiger charge is 2.45. The smallest absolute Gasteiger partial charge is 0.220 e. The van der Waals surface area contributed by atoms with Crippen molar-refractivity contribution >= 4 is 5.91 Å². The van der Waals surface area contributed by atoms with Gasteiger partial charge in [0, 0.05) is 6.42 Å². The number of carbonyl (C=O) groups excluding carboxylic acids is 1. The first-order chi connectivity index (χ1) is 27.8. The molecule has 1 aliphatic rings. The Bertz CT molecular complexity index is 1080. The molecule has 0 bridgehead atoms. The summed E-state index contributed by atoms with van der Waals surface area (Å²) >= 11 is 0. The Labute approximate surface area is 347 Å². The van der Waals surface area contributed by atoms with Crippen LogP contribution in [0.4, 0.5) is 0 Å². The summed E-state index contributed by atoms with van der Waals surface area (Å²) in [5, 5.41) is 63.5. The predicted molar refractivity (Wildman–Crippen MR) is 230 cm³/mol. The third-order valence-electron chi connectivity index (χ3n) is 12.0. The first kappa shape index (κ1) is 51.5. The molecule has 0 radical (unpaired) electrons. The summed E-state index contributed by atoms with van der Waals surface area (Å²) in [5.74, 6) is -0.150. The zero-order chi connectivity index (χ0) is 41.4. The molecule has 7 atom stereocenters. The van der Waals surface area contributed by atoms with Crippen molar-refractivity contribution in [3.8, 4) is 0 Å². The maximum Gasteiger partial charge on any atom is 0.220 e. The lowest BCUT2D eigenvalue weighted by Gasteiger charge is -2.39. The number of aliphatic hydroxyl groups is 5. The van der Waals surface area contributed by atoms with Gasteiger partial charge in [0.05, 0.1) is 18.9 Å². The number of unbranched alkanes of at least 4 members (excludes halogenated alkanes) is 29. The van der Waals surface area contributed by atoms with E-state index in [1.54, 1.807) is 0 Å². The van der Waals surface area contributed by atoms with Crippen LogP contribution in [-0.2, 0) is 9.53 Å². The normalized spacial score (nSPS) is 20.9. The van der Waals surface area contributed by atoms with Crippen molar-refractivity contribution in [1.82, 2.24) is 20.3 Å². The standard InChI is InChI=1S/C46H88N4O7/c1-3-5-7-9-11-13-15-17-19-21-23-25-27-29-31-33-35-41(53)47-42(38-36-50(49-48-38)46-45(56)44(55)43(54)40(37-51)57-46)39(52)34-32-30-28-26-24-22-20-18-16-14-12-10-8-6-4-2/h36,39-40,42-46,51-52,54-56H,3-35,37H2,1-2H3,(H,47,53)/t39-,40-,42+,43+,44+,45-,46+/m1/s1. The molecule has 1 amide bonds. The highest BCUT2D eigenvalue weighted by molar-refractivity contribution is 5.76. The topological polar surface area (TPSA) is 170 Å². The molecular weight excluding hydrogens is 721 g/mol. The fourth-order valence-corrected chi connectivity index (χ4v) is 8.20. The second-order valence-electron chi connectivity index (χ2n) is 17.2. The van der Waals surface area contributed by atoms with Crippen LogP contribution in [0.3, 0.4) is 0 Å². The van der Waals surface area contributed by atoms with Crippen LogP contribution in [0, 0.1) is 0 Å². The fraction of sp³-hybridized carbons (Fsp3) is 0.935. The van der Waals surface area contributed by atoms with Gasteiger partial charge in [-0.15, -0.1) is 5.10 Å². The minimum absolute atomic E-state index is 0.150. The van der Waals surface area contributed by atoms with Crippen LogP contribution in [0.2, 0.25) is 0 Å². The van der Waals surface area contributed by atoms with E-state index in [1.807, 2.05) is 0 Å². The molecule has 11 nitrogen and oxygen atoms in total. The minimum Gasteiger partial charge on any atom is -0.394 e. The van der Waals surface area contributed by atoms with Gasteiger partial charge in [-0.05, 0) is 12.8 Å². The molecule has 0 saturated carbocycles. The number of hydrogen-bond donors (Lipinski definition) is 6. The Morgan fingerprint density at radius 3 is 1.46 bits per heavy atom. The van der Waals surface area contributed by atoms with Crippen LogP contribution in [0.15, 0.2) is 6.20 Å². The van der Waals surface area contributed by atoms with Gasteiger partial charge >= 0.3 is 0 Å². The number of aromatic nitrogens is 3. The summed E-state index contributed by atoms with van der Waals surface area (Å²) in [6.45, 7) is 3.97. The Morgan fingerprint density at radius 2 is 1.04 bits per heavy atom. The number of hydrogen-bond acceptors (Lipinski definition) is 9. The molecule has 57 heavy (non-hydrogen) atoms. The van der Waals surface area contributed by atoms with Crippen LogP contribution in [0.25, 0.3) is 0 Å². The fourth-order valence-electron chi connectivity index (χ4n) is 8.20. The van der Waals surface area contributed by atoms with E-state index in [4.69, 9.17) is 4.74 Å². The lowest BCUT2D eigenvalue weighted by Crippen LogP contribution is -2.56. The molecule has 334 valence electrons. The van der Waals surface area contributed by atoms with E-state index in [0.717, 1.165) is 38.5 Å². The van der Waals surface area contributed by atoms with Crippen molar-refractivity contribution in [2.75, 3.05) is 6.61 Å². The molecule has 1 aliphatic heterocycles. The molecule has 0 aromatic carbocycles. The molecule has 2 rings (SSSR count). The minimum atomic E-state index is -1.56. The monoisotopic (exact) mass is 809 g/mol. The van der Waals surface area contributed by atoms with Crippen LogP contribution < -0.4 is 5.32 Å². The van der Waals surface area contributed by atoms with Crippen molar-refractivity contribution in [2.24, 2.45) is 0 Å². The maximum absolute atomic E-state index is 13.2. The molecule has 6 N–H and O–H groups in total. The van der Waals surface area contributed by atoms with Crippen LogP contribution >= 0.6 is 0 Å². The summed E-state index contributed by atoms with van der Waals surface area (Å²) in [6.07, 6.45) is 33.8. The average molecular weight is 809 g/mol. The first-order valence-electron chi connectivity index (χ1n) is 24.0. The van der Waals surface area contributed by atoms with Crippen molar-refractivity contribution in [3.05, 3.63) is 11.9 Å². The Hall–Kier alpha value is -1.63. The highest BCUT2D eigenvalue weighted by atomic mass is 16.6. The van der Waals surface area contributed by atoms with Gasteiger partial charge in [0.1, 0.15) is 36.2 Å². The van der Waals surface area contributed by atoms with E-state index in [2.05, 4.69) is 29.5 Å². The number of aliphatic hydroxyl groups excluding tert-OH is 5. The second-order valence-corrected chi connectivity index (χ2v) is 17.2. The van der Waals surface area contributed by atoms with E-state index in [9.17, 15) is 30.3 Å². The maximum atomic E-state index is 13.2. The van der Waals surface area contributed by atoms with Crippen LogP contribution in [0.1, 0.15) is 244 Å². The summed E-state index contributed by atoms with van der Waals surface area (Å²) in [7, 11) is 0. The zero-order valence-corrected chi connectivity index (χ0v) is 36.6. The van der Waals surface area contributed by atoms with Gasteiger partial charge < -0.3 is 35.6 Å². The lowest BCUT2D eigenvalue weighted by molar-refractivity contribution is -0.254. The third-order valence-corrected chi connectivity index (χ3v) is 12.0. The Morgan fingerprint density at radius 1 is 0.632 bits per heavy atom. The Kier molecular flexibility index (Phi) is 30.8. The van der Waals surface area contributed by atoms with Gasteiger partial charge in [-0.25, -0.2) is 4.68 Å². The number of ether oxygens (including phenoxy) is 1. The largest absolute Gasteiger partial charge is 0.394 e. The average Bonchev–Trinajstić information content (AvgIpc) is 3.70. The van der Waals surface area contributed by atoms with E-state index in [0.29, 0.717) is 18.5 Å².